The molecule has 0 aliphatic carbocycles. The third-order valence-corrected chi connectivity index (χ3v) is 3.91. The largest absolute Gasteiger partial charge is 0.324 e. The highest BCUT2D eigenvalue weighted by atomic mass is 32.2. The minimum atomic E-state index is -3.76. The fraction of sp³-hybridized carbons (Fsp3) is 0.250. The minimum Gasteiger partial charge on any atom is -0.324 e. The zero-order chi connectivity index (χ0) is 15.6. The van der Waals surface area contributed by atoms with Crippen molar-refractivity contribution in [3.8, 4) is 0 Å². The van der Waals surface area contributed by atoms with Gasteiger partial charge in [0.05, 0.1) is 4.90 Å². The van der Waals surface area contributed by atoms with Crippen molar-refractivity contribution >= 4 is 21.6 Å². The predicted octanol–water partition coefficient (Wildman–Crippen LogP) is 0.434. The smallest absolute Gasteiger partial charge is 0.249 e. The van der Waals surface area contributed by atoms with E-state index in [4.69, 9.17) is 5.14 Å². The van der Waals surface area contributed by atoms with Gasteiger partial charge < -0.3 is 5.32 Å². The molecule has 1 amide bonds. The summed E-state index contributed by atoms with van der Waals surface area (Å²) < 4.78 is 23.9. The maximum absolute atomic E-state index is 12.1. The van der Waals surface area contributed by atoms with Crippen LogP contribution in [0.25, 0.3) is 0 Å². The summed E-state index contributed by atoms with van der Waals surface area (Å²) in [5, 5.41) is 11.7. The van der Waals surface area contributed by atoms with Crippen LogP contribution in [-0.4, -0.2) is 29.1 Å². The predicted molar refractivity (Wildman–Crippen MR) is 75.9 cm³/mol. The quantitative estimate of drug-likeness (QED) is 0.848. The Hall–Kier alpha value is -2.26. The van der Waals surface area contributed by atoms with Crippen LogP contribution in [0.1, 0.15) is 18.5 Å². The Balaban J connectivity index is 2.19. The average Bonchev–Trinajstić information content (AvgIpc) is 2.92. The van der Waals surface area contributed by atoms with E-state index < -0.39 is 16.1 Å². The van der Waals surface area contributed by atoms with Crippen LogP contribution in [-0.2, 0) is 14.8 Å². The van der Waals surface area contributed by atoms with E-state index in [0.29, 0.717) is 11.3 Å². The van der Waals surface area contributed by atoms with E-state index in [1.807, 2.05) is 0 Å². The van der Waals surface area contributed by atoms with Gasteiger partial charge in [0.15, 0.2) is 0 Å². The molecular formula is C12H15N5O3S. The molecule has 112 valence electrons. The summed E-state index contributed by atoms with van der Waals surface area (Å²) in [4.78, 5) is 15.9. The van der Waals surface area contributed by atoms with E-state index in [2.05, 4.69) is 15.4 Å². The van der Waals surface area contributed by atoms with Crippen molar-refractivity contribution in [1.29, 1.82) is 0 Å². The molecule has 1 aromatic carbocycles. The van der Waals surface area contributed by atoms with Crippen LogP contribution in [0.15, 0.2) is 35.7 Å². The maximum atomic E-state index is 12.1. The van der Waals surface area contributed by atoms with Gasteiger partial charge in [-0.15, -0.1) is 0 Å². The highest BCUT2D eigenvalue weighted by molar-refractivity contribution is 7.89. The number of aromatic nitrogens is 3. The van der Waals surface area contributed by atoms with Gasteiger partial charge in [0.2, 0.25) is 15.9 Å². The van der Waals surface area contributed by atoms with Crippen molar-refractivity contribution < 1.29 is 13.2 Å². The number of primary sulfonamides is 1. The second-order valence-corrected chi connectivity index (χ2v) is 6.12. The number of nitrogens with two attached hydrogens (primary N) is 1. The standard InChI is InChI=1S/C12H15N5O3S/c1-8-5-10(21(13,19)20)3-4-11(8)16-12(18)9(2)17-7-14-6-15-17/h3-7,9H,1-2H3,(H,16,18)(H2,13,19,20). The van der Waals surface area contributed by atoms with Gasteiger partial charge in [-0.05, 0) is 37.6 Å². The Bertz CT molecular complexity index is 755. The molecule has 3 N–H and O–H groups in total. The minimum absolute atomic E-state index is 0.00215. The Morgan fingerprint density at radius 2 is 2.14 bits per heavy atom. The zero-order valence-corrected chi connectivity index (χ0v) is 12.3. The molecule has 0 aliphatic rings. The number of nitrogens with zero attached hydrogens (tertiary/aromatic N) is 3. The average molecular weight is 309 g/mol. The van der Waals surface area contributed by atoms with Gasteiger partial charge in [0.25, 0.3) is 0 Å². The third kappa shape index (κ3) is 3.44. The van der Waals surface area contributed by atoms with Crippen LogP contribution in [0.4, 0.5) is 5.69 Å². The number of carbonyl (C=O) groups is 1. The molecule has 2 aromatic rings. The first-order chi connectivity index (χ1) is 9.79. The Morgan fingerprint density at radius 3 is 2.67 bits per heavy atom. The van der Waals surface area contributed by atoms with Gasteiger partial charge >= 0.3 is 0 Å². The summed E-state index contributed by atoms with van der Waals surface area (Å²) >= 11 is 0. The Labute approximate surface area is 122 Å². The Morgan fingerprint density at radius 1 is 1.43 bits per heavy atom. The molecule has 1 unspecified atom stereocenters. The van der Waals surface area contributed by atoms with Gasteiger partial charge in [0, 0.05) is 5.69 Å². The lowest BCUT2D eigenvalue weighted by molar-refractivity contribution is -0.119. The third-order valence-electron chi connectivity index (χ3n) is 3.00. The van der Waals surface area contributed by atoms with Crippen LogP contribution < -0.4 is 10.5 Å². The number of anilines is 1. The molecule has 0 bridgehead atoms. The zero-order valence-electron chi connectivity index (χ0n) is 11.5. The number of carbonyl (C=O) groups excluding carboxylic acids is 1. The van der Waals surface area contributed by atoms with E-state index in [-0.39, 0.29) is 10.8 Å². The van der Waals surface area contributed by atoms with Crippen molar-refractivity contribution in [2.45, 2.75) is 24.8 Å². The molecule has 0 spiro atoms. The van der Waals surface area contributed by atoms with Crippen molar-refractivity contribution in [2.75, 3.05) is 5.32 Å². The molecule has 0 radical (unpaired) electrons. The lowest BCUT2D eigenvalue weighted by Gasteiger charge is -2.14. The van der Waals surface area contributed by atoms with Gasteiger partial charge in [0.1, 0.15) is 18.7 Å². The number of aryl methyl sites for hydroxylation is 1. The van der Waals surface area contributed by atoms with E-state index >= 15 is 0 Å². The van der Waals surface area contributed by atoms with Crippen LogP contribution in [0.2, 0.25) is 0 Å². The molecule has 0 aliphatic heterocycles. The molecule has 0 fully saturated rings. The number of hydrogen-bond donors (Lipinski definition) is 2. The number of amides is 1. The SMILES string of the molecule is Cc1cc(S(N)(=O)=O)ccc1NC(=O)C(C)n1cncn1. The first-order valence-electron chi connectivity index (χ1n) is 6.07. The van der Waals surface area contributed by atoms with Crippen molar-refractivity contribution in [1.82, 2.24) is 14.8 Å². The fourth-order valence-electron chi connectivity index (χ4n) is 1.73. The molecule has 0 saturated heterocycles. The van der Waals surface area contributed by atoms with E-state index in [1.165, 1.54) is 35.5 Å². The highest BCUT2D eigenvalue weighted by Gasteiger charge is 2.17. The second kappa shape index (κ2) is 5.62. The van der Waals surface area contributed by atoms with Crippen molar-refractivity contribution in [3.63, 3.8) is 0 Å². The van der Waals surface area contributed by atoms with E-state index in [9.17, 15) is 13.2 Å². The fourth-order valence-corrected chi connectivity index (χ4v) is 2.33. The molecule has 21 heavy (non-hydrogen) atoms. The number of sulfonamides is 1. The van der Waals surface area contributed by atoms with E-state index in [1.54, 1.807) is 13.8 Å². The summed E-state index contributed by atoms with van der Waals surface area (Å²) in [6.07, 6.45) is 2.79. The maximum Gasteiger partial charge on any atom is 0.249 e. The topological polar surface area (TPSA) is 120 Å². The van der Waals surface area contributed by atoms with Gasteiger partial charge in [-0.3, -0.25) is 4.79 Å². The molecule has 1 atom stereocenters. The molecule has 1 aromatic heterocycles. The molecule has 9 heteroatoms. The van der Waals surface area contributed by atoms with Crippen LogP contribution in [0, 0.1) is 6.92 Å². The summed E-state index contributed by atoms with van der Waals surface area (Å²) in [5.74, 6) is -0.285. The van der Waals surface area contributed by atoms with Crippen LogP contribution >= 0.6 is 0 Å². The molecule has 1 heterocycles. The molecule has 8 nitrogen and oxygen atoms in total. The summed E-state index contributed by atoms with van der Waals surface area (Å²) in [5.41, 5.74) is 1.11. The Kier molecular flexibility index (Phi) is 4.05. The second-order valence-electron chi connectivity index (χ2n) is 4.56. The van der Waals surface area contributed by atoms with Gasteiger partial charge in [-0.25, -0.2) is 23.2 Å². The summed E-state index contributed by atoms with van der Waals surface area (Å²) in [7, 11) is -3.76. The monoisotopic (exact) mass is 309 g/mol. The van der Waals surface area contributed by atoms with Crippen LogP contribution in [0.5, 0.6) is 0 Å². The number of nitrogens with one attached hydrogen (secondary N) is 1. The van der Waals surface area contributed by atoms with Crippen molar-refractivity contribution in [3.05, 3.63) is 36.4 Å². The number of rotatable bonds is 4. The van der Waals surface area contributed by atoms with Crippen molar-refractivity contribution in [2.24, 2.45) is 5.14 Å². The molecule has 0 saturated carbocycles. The first-order valence-corrected chi connectivity index (χ1v) is 7.62. The number of hydrogen-bond acceptors (Lipinski definition) is 5. The lowest BCUT2D eigenvalue weighted by atomic mass is 10.2. The number of benzene rings is 1. The lowest BCUT2D eigenvalue weighted by Crippen LogP contribution is -2.24. The molecular weight excluding hydrogens is 294 g/mol. The summed E-state index contributed by atoms with van der Waals surface area (Å²) in [6.45, 7) is 3.36. The van der Waals surface area contributed by atoms with Gasteiger partial charge in [-0.2, -0.15) is 5.10 Å². The van der Waals surface area contributed by atoms with Crippen LogP contribution in [0.3, 0.4) is 0 Å². The highest BCUT2D eigenvalue weighted by Crippen LogP contribution is 2.20. The normalized spacial score (nSPS) is 12.9. The van der Waals surface area contributed by atoms with E-state index in [0.717, 1.165) is 0 Å². The van der Waals surface area contributed by atoms with Gasteiger partial charge in [-0.1, -0.05) is 0 Å². The first kappa shape index (κ1) is 15.1. The summed E-state index contributed by atoms with van der Waals surface area (Å²) in [6, 6.07) is 3.72. The molecule has 2 rings (SSSR count).